The van der Waals surface area contributed by atoms with Crippen molar-refractivity contribution in [3.63, 3.8) is 0 Å². The van der Waals surface area contributed by atoms with Crippen LogP contribution in [0.3, 0.4) is 0 Å². The Morgan fingerprint density at radius 1 is 1.03 bits per heavy atom. The van der Waals surface area contributed by atoms with Crippen LogP contribution in [0.4, 0.5) is 5.69 Å². The van der Waals surface area contributed by atoms with Gasteiger partial charge in [0.1, 0.15) is 0 Å². The molecule has 0 aliphatic rings. The molecule has 0 unspecified atom stereocenters. The lowest BCUT2D eigenvalue weighted by molar-refractivity contribution is 0.508. The number of benzene rings is 2. The van der Waals surface area contributed by atoms with Crippen molar-refractivity contribution in [2.45, 2.75) is 39.2 Å². The fourth-order valence-corrected chi connectivity index (χ4v) is 3.57. The van der Waals surface area contributed by atoms with Gasteiger partial charge in [-0.05, 0) is 29.2 Å². The van der Waals surface area contributed by atoms with E-state index in [9.17, 15) is 8.42 Å². The van der Waals surface area contributed by atoms with E-state index in [-0.39, 0.29) is 5.41 Å². The van der Waals surface area contributed by atoms with Gasteiger partial charge in [0.25, 0.3) is 0 Å². The first kappa shape index (κ1) is 22.7. The number of hydrogen-bond acceptors (Lipinski definition) is 3. The van der Waals surface area contributed by atoms with Gasteiger partial charge < -0.3 is 10.6 Å². The van der Waals surface area contributed by atoms with E-state index in [4.69, 9.17) is 0 Å². The molecular weight excluding hydrogens is 384 g/mol. The van der Waals surface area contributed by atoms with E-state index >= 15 is 0 Å². The van der Waals surface area contributed by atoms with Crippen molar-refractivity contribution in [1.82, 2.24) is 10.6 Å². The molecule has 0 bridgehead atoms. The average molecular weight is 417 g/mol. The van der Waals surface area contributed by atoms with Crippen LogP contribution < -0.4 is 15.4 Å². The number of guanidine groups is 1. The zero-order valence-electron chi connectivity index (χ0n) is 17.9. The molecule has 0 saturated carbocycles. The van der Waals surface area contributed by atoms with E-state index in [1.54, 1.807) is 19.2 Å². The smallest absolute Gasteiger partial charge is 0.229 e. The first-order chi connectivity index (χ1) is 13.6. The van der Waals surface area contributed by atoms with E-state index < -0.39 is 10.0 Å². The van der Waals surface area contributed by atoms with Gasteiger partial charge in [0, 0.05) is 25.6 Å². The van der Waals surface area contributed by atoms with Gasteiger partial charge in [-0.25, -0.2) is 8.42 Å². The maximum atomic E-state index is 11.6. The van der Waals surface area contributed by atoms with Gasteiger partial charge in [-0.1, -0.05) is 63.2 Å². The van der Waals surface area contributed by atoms with Crippen molar-refractivity contribution in [3.05, 3.63) is 65.2 Å². The van der Waals surface area contributed by atoms with Crippen molar-refractivity contribution >= 4 is 21.7 Å². The SMILES string of the molecule is CCc1ccc(C(C)(C)CNC(=NC)NCc2ccccc2NS(C)(=O)=O)cc1. The van der Waals surface area contributed by atoms with Crippen LogP contribution in [-0.2, 0) is 28.4 Å². The van der Waals surface area contributed by atoms with Gasteiger partial charge in [0.15, 0.2) is 5.96 Å². The molecule has 3 N–H and O–H groups in total. The number of nitrogens with one attached hydrogen (secondary N) is 3. The van der Waals surface area contributed by atoms with Gasteiger partial charge in [-0.2, -0.15) is 0 Å². The number of para-hydroxylation sites is 1. The minimum Gasteiger partial charge on any atom is -0.356 e. The summed E-state index contributed by atoms with van der Waals surface area (Å²) in [4.78, 5) is 4.29. The predicted octanol–water partition coefficient (Wildman–Crippen LogP) is 3.26. The van der Waals surface area contributed by atoms with Crippen LogP contribution >= 0.6 is 0 Å². The van der Waals surface area contributed by atoms with E-state index in [0.29, 0.717) is 24.7 Å². The molecule has 158 valence electrons. The lowest BCUT2D eigenvalue weighted by atomic mass is 9.84. The number of nitrogens with zero attached hydrogens (tertiary/aromatic N) is 1. The summed E-state index contributed by atoms with van der Waals surface area (Å²) in [7, 11) is -1.61. The summed E-state index contributed by atoms with van der Waals surface area (Å²) in [5.41, 5.74) is 3.93. The van der Waals surface area contributed by atoms with Crippen molar-refractivity contribution in [2.75, 3.05) is 24.6 Å². The molecular formula is C22H32N4O2S. The van der Waals surface area contributed by atoms with E-state index in [2.05, 4.69) is 65.4 Å². The molecule has 0 aliphatic carbocycles. The van der Waals surface area contributed by atoms with Crippen molar-refractivity contribution in [3.8, 4) is 0 Å². The van der Waals surface area contributed by atoms with Crippen LogP contribution in [0.2, 0.25) is 0 Å². The first-order valence-electron chi connectivity index (χ1n) is 9.74. The summed E-state index contributed by atoms with van der Waals surface area (Å²) in [5, 5.41) is 6.63. The fourth-order valence-electron chi connectivity index (χ4n) is 2.97. The van der Waals surface area contributed by atoms with Gasteiger partial charge in [0.2, 0.25) is 10.0 Å². The van der Waals surface area contributed by atoms with Crippen LogP contribution in [-0.4, -0.2) is 34.2 Å². The highest BCUT2D eigenvalue weighted by Crippen LogP contribution is 2.23. The monoisotopic (exact) mass is 416 g/mol. The fraction of sp³-hybridized carbons (Fsp3) is 0.409. The molecule has 2 aromatic carbocycles. The summed E-state index contributed by atoms with van der Waals surface area (Å²) in [6.45, 7) is 7.70. The Labute approximate surface area is 174 Å². The highest BCUT2D eigenvalue weighted by atomic mass is 32.2. The van der Waals surface area contributed by atoms with Crippen LogP contribution in [0.5, 0.6) is 0 Å². The standard InChI is InChI=1S/C22H32N4O2S/c1-6-17-11-13-19(14-12-17)22(2,3)16-25-21(23-4)24-15-18-9-7-8-10-20(18)26-29(5,27)28/h7-14,26H,6,15-16H2,1-5H3,(H2,23,24,25). The first-order valence-corrected chi connectivity index (χ1v) is 11.6. The lowest BCUT2D eigenvalue weighted by Gasteiger charge is -2.27. The molecule has 2 rings (SSSR count). The summed E-state index contributed by atoms with van der Waals surface area (Å²) in [5.74, 6) is 0.664. The minimum atomic E-state index is -3.33. The molecule has 0 aromatic heterocycles. The lowest BCUT2D eigenvalue weighted by Crippen LogP contribution is -2.43. The summed E-state index contributed by atoms with van der Waals surface area (Å²) in [6.07, 6.45) is 2.18. The van der Waals surface area contributed by atoms with Gasteiger partial charge in [0.05, 0.1) is 11.9 Å². The topological polar surface area (TPSA) is 82.6 Å². The third-order valence-corrected chi connectivity index (χ3v) is 5.41. The zero-order chi connectivity index (χ0) is 21.5. The molecule has 0 aliphatic heterocycles. The molecule has 0 heterocycles. The zero-order valence-corrected chi connectivity index (χ0v) is 18.7. The number of anilines is 1. The number of aliphatic imine (C=N–C) groups is 1. The number of sulfonamides is 1. The Bertz CT molecular complexity index is 936. The maximum Gasteiger partial charge on any atom is 0.229 e. The molecule has 0 fully saturated rings. The van der Waals surface area contributed by atoms with Crippen LogP contribution in [0.1, 0.15) is 37.5 Å². The second kappa shape index (κ2) is 9.78. The van der Waals surface area contributed by atoms with Gasteiger partial charge in [-0.3, -0.25) is 9.71 Å². The molecule has 0 spiro atoms. The van der Waals surface area contributed by atoms with Crippen LogP contribution in [0, 0.1) is 0 Å². The van der Waals surface area contributed by atoms with Gasteiger partial charge in [-0.15, -0.1) is 0 Å². The minimum absolute atomic E-state index is 0.0698. The van der Waals surface area contributed by atoms with Crippen LogP contribution in [0.25, 0.3) is 0 Å². The van der Waals surface area contributed by atoms with Crippen molar-refractivity contribution in [1.29, 1.82) is 0 Å². The third kappa shape index (κ3) is 7.09. The number of aryl methyl sites for hydroxylation is 1. The van der Waals surface area contributed by atoms with Crippen molar-refractivity contribution in [2.24, 2.45) is 4.99 Å². The Kier molecular flexibility index (Phi) is 7.67. The Morgan fingerprint density at radius 3 is 2.28 bits per heavy atom. The second-order valence-electron chi connectivity index (χ2n) is 7.75. The predicted molar refractivity (Wildman–Crippen MR) is 122 cm³/mol. The quantitative estimate of drug-likeness (QED) is 0.456. The highest BCUT2D eigenvalue weighted by Gasteiger charge is 2.21. The molecule has 2 aromatic rings. The maximum absolute atomic E-state index is 11.6. The molecule has 29 heavy (non-hydrogen) atoms. The van der Waals surface area contributed by atoms with Gasteiger partial charge >= 0.3 is 0 Å². The Morgan fingerprint density at radius 2 is 1.69 bits per heavy atom. The molecule has 6 nitrogen and oxygen atoms in total. The highest BCUT2D eigenvalue weighted by molar-refractivity contribution is 7.92. The summed E-state index contributed by atoms with van der Waals surface area (Å²) in [6, 6.07) is 16.0. The van der Waals surface area contributed by atoms with E-state index in [1.807, 2.05) is 12.1 Å². The molecule has 0 saturated heterocycles. The second-order valence-corrected chi connectivity index (χ2v) is 9.49. The Hall–Kier alpha value is -2.54. The normalized spacial score (nSPS) is 12.5. The van der Waals surface area contributed by atoms with Crippen molar-refractivity contribution < 1.29 is 8.42 Å². The molecule has 0 atom stereocenters. The van der Waals surface area contributed by atoms with Crippen LogP contribution in [0.15, 0.2) is 53.5 Å². The molecule has 7 heteroatoms. The number of hydrogen-bond donors (Lipinski definition) is 3. The number of rotatable bonds is 8. The average Bonchev–Trinajstić information content (AvgIpc) is 2.68. The third-order valence-electron chi connectivity index (χ3n) is 4.82. The summed E-state index contributed by atoms with van der Waals surface area (Å²) < 4.78 is 25.7. The Balaban J connectivity index is 1.99. The van der Waals surface area contributed by atoms with E-state index in [1.165, 1.54) is 11.1 Å². The molecule has 0 radical (unpaired) electrons. The molecule has 0 amide bonds. The summed E-state index contributed by atoms with van der Waals surface area (Å²) >= 11 is 0. The largest absolute Gasteiger partial charge is 0.356 e. The van der Waals surface area contributed by atoms with E-state index in [0.717, 1.165) is 18.2 Å².